The van der Waals surface area contributed by atoms with E-state index in [0.717, 1.165) is 29.4 Å². The lowest BCUT2D eigenvalue weighted by molar-refractivity contribution is 0.0705. The van der Waals surface area contributed by atoms with Crippen LogP contribution in [-0.4, -0.2) is 41.0 Å². The number of pyridine rings is 1. The highest BCUT2D eigenvalue weighted by Crippen LogP contribution is 2.29. The van der Waals surface area contributed by atoms with E-state index in [9.17, 15) is 9.18 Å². The van der Waals surface area contributed by atoms with Crippen molar-refractivity contribution in [1.82, 2.24) is 14.9 Å². The van der Waals surface area contributed by atoms with Crippen molar-refractivity contribution in [3.63, 3.8) is 0 Å². The second kappa shape index (κ2) is 6.78. The Morgan fingerprint density at radius 2 is 2.23 bits per heavy atom. The summed E-state index contributed by atoms with van der Waals surface area (Å²) in [6, 6.07) is 8.41. The van der Waals surface area contributed by atoms with Crippen LogP contribution >= 0.6 is 0 Å². The van der Waals surface area contributed by atoms with E-state index < -0.39 is 5.82 Å². The van der Waals surface area contributed by atoms with Crippen molar-refractivity contribution < 1.29 is 13.9 Å². The van der Waals surface area contributed by atoms with Gasteiger partial charge >= 0.3 is 0 Å². The molecule has 3 aromatic rings. The molecule has 3 heterocycles. The van der Waals surface area contributed by atoms with Crippen molar-refractivity contribution in [1.29, 1.82) is 0 Å². The molecule has 0 bridgehead atoms. The maximum absolute atomic E-state index is 13.9. The molecule has 0 saturated carbocycles. The first-order valence-corrected chi connectivity index (χ1v) is 8.71. The molecule has 0 aliphatic carbocycles. The number of nitrogens with one attached hydrogen (secondary N) is 1. The highest BCUT2D eigenvalue weighted by molar-refractivity contribution is 5.94. The van der Waals surface area contributed by atoms with Crippen LogP contribution in [0.25, 0.3) is 10.9 Å². The lowest BCUT2D eigenvalue weighted by Crippen LogP contribution is -2.39. The van der Waals surface area contributed by atoms with E-state index in [0.29, 0.717) is 18.7 Å². The van der Waals surface area contributed by atoms with Crippen LogP contribution < -0.4 is 4.74 Å². The van der Waals surface area contributed by atoms with Crippen LogP contribution in [0.1, 0.15) is 34.8 Å². The first-order valence-electron chi connectivity index (χ1n) is 8.71. The maximum Gasteiger partial charge on any atom is 0.253 e. The number of halogens is 1. The Morgan fingerprint density at radius 1 is 1.35 bits per heavy atom. The van der Waals surface area contributed by atoms with Gasteiger partial charge in [-0.05, 0) is 43.2 Å². The average Bonchev–Trinajstić information content (AvgIpc) is 3.12. The fraction of sp³-hybridized carbons (Fsp3) is 0.300. The Bertz CT molecular complexity index is 920. The van der Waals surface area contributed by atoms with Crippen LogP contribution in [0, 0.1) is 5.82 Å². The number of aromatic amines is 1. The monoisotopic (exact) mass is 353 g/mol. The number of amides is 1. The van der Waals surface area contributed by atoms with Crippen molar-refractivity contribution in [2.24, 2.45) is 0 Å². The molecular weight excluding hydrogens is 333 g/mol. The molecule has 5 nitrogen and oxygen atoms in total. The number of nitrogens with zero attached hydrogens (tertiary/aromatic N) is 2. The topological polar surface area (TPSA) is 58.2 Å². The number of carbonyl (C=O) groups excluding carboxylic acids is 1. The molecule has 1 aliphatic rings. The van der Waals surface area contributed by atoms with Gasteiger partial charge in [-0.3, -0.25) is 9.78 Å². The summed E-state index contributed by atoms with van der Waals surface area (Å²) in [6.07, 6.45) is 5.53. The average molecular weight is 353 g/mol. The van der Waals surface area contributed by atoms with Gasteiger partial charge in [0, 0.05) is 53.6 Å². The number of carbonyl (C=O) groups is 1. The SMILES string of the molecule is COc1ccc(C(=O)N2CCCC(c3cc4cnccc4[nH]3)C2)cc1F. The number of ether oxygens (including phenoxy) is 1. The van der Waals surface area contributed by atoms with Crippen LogP contribution in [0.3, 0.4) is 0 Å². The summed E-state index contributed by atoms with van der Waals surface area (Å²) in [4.78, 5) is 22.2. The molecule has 134 valence electrons. The molecule has 6 heteroatoms. The van der Waals surface area contributed by atoms with Gasteiger partial charge in [0.2, 0.25) is 0 Å². The Kier molecular flexibility index (Phi) is 4.32. The molecular formula is C20H20FN3O2. The minimum Gasteiger partial charge on any atom is -0.494 e. The predicted molar refractivity (Wildman–Crippen MR) is 96.9 cm³/mol. The number of methoxy groups -OCH3 is 1. The van der Waals surface area contributed by atoms with Gasteiger partial charge in [0.25, 0.3) is 5.91 Å². The van der Waals surface area contributed by atoms with Gasteiger partial charge in [-0.15, -0.1) is 0 Å². The zero-order valence-corrected chi connectivity index (χ0v) is 14.5. The Balaban J connectivity index is 1.54. The summed E-state index contributed by atoms with van der Waals surface area (Å²) < 4.78 is 18.9. The van der Waals surface area contributed by atoms with Crippen molar-refractivity contribution >= 4 is 16.8 Å². The summed E-state index contributed by atoms with van der Waals surface area (Å²) >= 11 is 0. The molecule has 1 saturated heterocycles. The van der Waals surface area contributed by atoms with Crippen LogP contribution in [0.4, 0.5) is 4.39 Å². The lowest BCUT2D eigenvalue weighted by atomic mass is 9.94. The number of aromatic nitrogens is 2. The molecule has 2 aromatic heterocycles. The first-order chi connectivity index (χ1) is 12.7. The maximum atomic E-state index is 13.9. The van der Waals surface area contributed by atoms with Crippen LogP contribution in [0.5, 0.6) is 5.75 Å². The minimum absolute atomic E-state index is 0.143. The fourth-order valence-corrected chi connectivity index (χ4v) is 3.61. The number of rotatable bonds is 3. The van der Waals surface area contributed by atoms with E-state index in [1.54, 1.807) is 17.2 Å². The normalized spacial score (nSPS) is 17.5. The molecule has 1 unspecified atom stereocenters. The van der Waals surface area contributed by atoms with Gasteiger partial charge in [-0.25, -0.2) is 4.39 Å². The van der Waals surface area contributed by atoms with Crippen LogP contribution in [0.15, 0.2) is 42.7 Å². The third-order valence-corrected chi connectivity index (χ3v) is 4.99. The Hall–Kier alpha value is -2.89. The van der Waals surface area contributed by atoms with Crippen molar-refractivity contribution in [2.75, 3.05) is 20.2 Å². The summed E-state index contributed by atoms with van der Waals surface area (Å²) in [5.74, 6) is -0.281. The smallest absolute Gasteiger partial charge is 0.253 e. The summed E-state index contributed by atoms with van der Waals surface area (Å²) in [5.41, 5.74) is 2.52. The molecule has 1 aromatic carbocycles. The molecule has 26 heavy (non-hydrogen) atoms. The number of H-pyrrole nitrogens is 1. The molecule has 0 radical (unpaired) electrons. The van der Waals surface area contributed by atoms with Crippen molar-refractivity contribution in [3.8, 4) is 5.75 Å². The Labute approximate surface area is 150 Å². The molecule has 1 aliphatic heterocycles. The predicted octanol–water partition coefficient (Wildman–Crippen LogP) is 3.73. The largest absolute Gasteiger partial charge is 0.494 e. The van der Waals surface area contributed by atoms with E-state index in [4.69, 9.17) is 4.74 Å². The van der Waals surface area contributed by atoms with Gasteiger partial charge in [0.15, 0.2) is 11.6 Å². The third-order valence-electron chi connectivity index (χ3n) is 4.99. The molecule has 1 amide bonds. The second-order valence-corrected chi connectivity index (χ2v) is 6.63. The number of hydrogen-bond donors (Lipinski definition) is 1. The Morgan fingerprint density at radius 3 is 3.00 bits per heavy atom. The van der Waals surface area contributed by atoms with Crippen LogP contribution in [-0.2, 0) is 0 Å². The molecule has 1 atom stereocenters. The first kappa shape index (κ1) is 16.6. The molecule has 1 N–H and O–H groups in total. The van der Waals surface area contributed by atoms with Gasteiger partial charge in [-0.2, -0.15) is 0 Å². The molecule has 0 spiro atoms. The van der Waals surface area contributed by atoms with Crippen molar-refractivity contribution in [3.05, 3.63) is 59.8 Å². The van der Waals surface area contributed by atoms with E-state index in [1.165, 1.54) is 19.2 Å². The fourth-order valence-electron chi connectivity index (χ4n) is 3.61. The van der Waals surface area contributed by atoms with Gasteiger partial charge in [0.1, 0.15) is 0 Å². The van der Waals surface area contributed by atoms with Gasteiger partial charge in [0.05, 0.1) is 7.11 Å². The van der Waals surface area contributed by atoms with E-state index in [1.807, 2.05) is 12.3 Å². The number of benzene rings is 1. The highest BCUT2D eigenvalue weighted by Gasteiger charge is 2.27. The standard InChI is InChI=1S/C20H20FN3O2/c1-26-19-5-4-13(9-16(19)21)20(25)24-8-2-3-14(12-24)18-10-15-11-22-7-6-17(15)23-18/h4-7,9-11,14,23H,2-3,8,12H2,1H3. The summed E-state index contributed by atoms with van der Waals surface area (Å²) in [6.45, 7) is 1.30. The zero-order chi connectivity index (χ0) is 18.1. The number of piperidine rings is 1. The number of hydrogen-bond acceptors (Lipinski definition) is 3. The highest BCUT2D eigenvalue weighted by atomic mass is 19.1. The summed E-state index contributed by atoms with van der Waals surface area (Å²) in [7, 11) is 1.41. The van der Waals surface area contributed by atoms with Gasteiger partial charge in [-0.1, -0.05) is 0 Å². The van der Waals surface area contributed by atoms with E-state index in [2.05, 4.69) is 16.0 Å². The molecule has 1 fully saturated rings. The van der Waals surface area contributed by atoms with Crippen LogP contribution in [0.2, 0.25) is 0 Å². The van der Waals surface area contributed by atoms with Gasteiger partial charge < -0.3 is 14.6 Å². The summed E-state index contributed by atoms with van der Waals surface area (Å²) in [5, 5.41) is 1.07. The quantitative estimate of drug-likeness (QED) is 0.780. The number of fused-ring (bicyclic) bond motifs is 1. The van der Waals surface area contributed by atoms with E-state index in [-0.39, 0.29) is 17.6 Å². The van der Waals surface area contributed by atoms with E-state index >= 15 is 0 Å². The van der Waals surface area contributed by atoms with Crippen molar-refractivity contribution in [2.45, 2.75) is 18.8 Å². The number of likely N-dealkylation sites (tertiary alicyclic amines) is 1. The zero-order valence-electron chi connectivity index (χ0n) is 14.5. The second-order valence-electron chi connectivity index (χ2n) is 6.63. The third kappa shape index (κ3) is 3.03. The lowest BCUT2D eigenvalue weighted by Gasteiger charge is -2.32. The minimum atomic E-state index is -0.518. The molecule has 4 rings (SSSR count).